The van der Waals surface area contributed by atoms with Gasteiger partial charge in [-0.3, -0.25) is 0 Å². The molecule has 1 aliphatic carbocycles. The van der Waals surface area contributed by atoms with Crippen LogP contribution in [0.5, 0.6) is 0 Å². The van der Waals surface area contributed by atoms with Crippen molar-refractivity contribution >= 4 is 17.7 Å². The van der Waals surface area contributed by atoms with Crippen LogP contribution in [0.1, 0.15) is 49.0 Å². The lowest BCUT2D eigenvalue weighted by Gasteiger charge is -2.18. The van der Waals surface area contributed by atoms with Crippen LogP contribution in [-0.4, -0.2) is 23.1 Å². The van der Waals surface area contributed by atoms with Gasteiger partial charge >= 0.3 is 12.0 Å². The molecule has 1 atom stereocenters. The number of rotatable bonds is 3. The fourth-order valence-corrected chi connectivity index (χ4v) is 2.89. The molecule has 2 amide bonds. The quantitative estimate of drug-likeness (QED) is 0.798. The van der Waals surface area contributed by atoms with Crippen LogP contribution < -0.4 is 10.6 Å². The van der Waals surface area contributed by atoms with Gasteiger partial charge in [-0.25, -0.2) is 9.59 Å². The lowest BCUT2D eigenvalue weighted by Crippen LogP contribution is -2.36. The van der Waals surface area contributed by atoms with Gasteiger partial charge in [0.1, 0.15) is 0 Å². The molecule has 0 radical (unpaired) electrons. The Bertz CT molecular complexity index is 567. The van der Waals surface area contributed by atoms with Gasteiger partial charge in [0, 0.05) is 11.7 Å². The second-order valence-electron chi connectivity index (χ2n) is 6.54. The van der Waals surface area contributed by atoms with Crippen LogP contribution in [0.15, 0.2) is 18.2 Å². The Morgan fingerprint density at radius 3 is 2.57 bits per heavy atom. The number of carbonyl (C=O) groups excluding carboxylic acids is 1. The minimum Gasteiger partial charge on any atom is -0.478 e. The molecule has 0 bridgehead atoms. The number of aryl methyl sites for hydroxylation is 1. The summed E-state index contributed by atoms with van der Waals surface area (Å²) in [7, 11) is 0. The van der Waals surface area contributed by atoms with Gasteiger partial charge in [0.2, 0.25) is 0 Å². The number of nitrogens with one attached hydrogen (secondary N) is 2. The topological polar surface area (TPSA) is 78.4 Å². The Hall–Kier alpha value is -2.04. The number of urea groups is 1. The highest BCUT2D eigenvalue weighted by Crippen LogP contribution is 2.36. The van der Waals surface area contributed by atoms with Crippen molar-refractivity contribution in [3.63, 3.8) is 0 Å². The molecule has 0 spiro atoms. The van der Waals surface area contributed by atoms with Gasteiger partial charge in [-0.1, -0.05) is 13.8 Å². The second kappa shape index (κ2) is 5.76. The van der Waals surface area contributed by atoms with E-state index in [9.17, 15) is 9.59 Å². The van der Waals surface area contributed by atoms with Crippen molar-refractivity contribution in [3.8, 4) is 0 Å². The fraction of sp³-hybridized carbons (Fsp3) is 0.500. The number of carboxylic acid groups (broad SMARTS) is 1. The van der Waals surface area contributed by atoms with Gasteiger partial charge in [-0.15, -0.1) is 0 Å². The molecule has 21 heavy (non-hydrogen) atoms. The highest BCUT2D eigenvalue weighted by molar-refractivity contribution is 5.92. The SMILES string of the molecule is Cc1cc(NC(=O)NC2CCC(C)(C)C2)ccc1C(=O)O. The summed E-state index contributed by atoms with van der Waals surface area (Å²) in [5.41, 5.74) is 1.77. The first-order valence-corrected chi connectivity index (χ1v) is 7.18. The number of amides is 2. The maximum Gasteiger partial charge on any atom is 0.335 e. The molecule has 2 rings (SSSR count). The van der Waals surface area contributed by atoms with Gasteiger partial charge in [0.05, 0.1) is 5.56 Å². The average molecular weight is 290 g/mol. The molecule has 0 heterocycles. The molecule has 5 heteroatoms. The van der Waals surface area contributed by atoms with Gasteiger partial charge in [0.25, 0.3) is 0 Å². The number of anilines is 1. The van der Waals surface area contributed by atoms with Gasteiger partial charge in [0.15, 0.2) is 0 Å². The minimum absolute atomic E-state index is 0.208. The van der Waals surface area contributed by atoms with Gasteiger partial charge in [-0.05, 0) is 55.4 Å². The number of hydrogen-bond donors (Lipinski definition) is 3. The van der Waals surface area contributed by atoms with E-state index in [1.165, 1.54) is 6.07 Å². The summed E-state index contributed by atoms with van der Waals surface area (Å²) in [6.45, 7) is 6.13. The molecule has 3 N–H and O–H groups in total. The van der Waals surface area contributed by atoms with Crippen molar-refractivity contribution in [2.45, 2.75) is 46.1 Å². The zero-order chi connectivity index (χ0) is 15.6. The lowest BCUT2D eigenvalue weighted by molar-refractivity contribution is 0.0696. The molecule has 1 unspecified atom stereocenters. The van der Waals surface area contributed by atoms with Crippen LogP contribution in [0.3, 0.4) is 0 Å². The third kappa shape index (κ3) is 3.97. The summed E-state index contributed by atoms with van der Waals surface area (Å²) >= 11 is 0. The maximum absolute atomic E-state index is 12.0. The molecular formula is C16H22N2O3. The molecule has 1 aromatic carbocycles. The Labute approximate surface area is 124 Å². The number of aromatic carboxylic acids is 1. The van der Waals surface area contributed by atoms with E-state index in [2.05, 4.69) is 24.5 Å². The predicted octanol–water partition coefficient (Wildman–Crippen LogP) is 3.39. The molecule has 1 fully saturated rings. The third-order valence-corrected chi connectivity index (χ3v) is 4.02. The minimum atomic E-state index is -0.961. The Balaban J connectivity index is 1.94. The predicted molar refractivity (Wildman–Crippen MR) is 81.7 cm³/mol. The zero-order valence-electron chi connectivity index (χ0n) is 12.7. The van der Waals surface area contributed by atoms with E-state index in [1.807, 2.05) is 0 Å². The molecule has 0 saturated heterocycles. The molecule has 5 nitrogen and oxygen atoms in total. The van der Waals surface area contributed by atoms with Crippen LogP contribution in [-0.2, 0) is 0 Å². The summed E-state index contributed by atoms with van der Waals surface area (Å²) < 4.78 is 0. The van der Waals surface area contributed by atoms with Crippen LogP contribution in [0, 0.1) is 12.3 Å². The smallest absolute Gasteiger partial charge is 0.335 e. The van der Waals surface area contributed by atoms with E-state index in [0.717, 1.165) is 19.3 Å². The molecule has 0 aliphatic heterocycles. The van der Waals surface area contributed by atoms with Crippen LogP contribution in [0.2, 0.25) is 0 Å². The maximum atomic E-state index is 12.0. The zero-order valence-corrected chi connectivity index (χ0v) is 12.7. The van der Waals surface area contributed by atoms with Crippen molar-refractivity contribution in [2.24, 2.45) is 5.41 Å². The van der Waals surface area contributed by atoms with E-state index in [1.54, 1.807) is 19.1 Å². The number of carbonyl (C=O) groups is 2. The first kappa shape index (κ1) is 15.4. The summed E-state index contributed by atoms with van der Waals surface area (Å²) in [5.74, 6) is -0.961. The molecule has 1 aliphatic rings. The molecular weight excluding hydrogens is 268 g/mol. The van der Waals surface area contributed by atoms with E-state index in [4.69, 9.17) is 5.11 Å². The van der Waals surface area contributed by atoms with Crippen molar-refractivity contribution in [3.05, 3.63) is 29.3 Å². The summed E-state index contributed by atoms with van der Waals surface area (Å²) in [5, 5.41) is 14.7. The largest absolute Gasteiger partial charge is 0.478 e. The normalized spacial score (nSPS) is 20.0. The fourth-order valence-electron chi connectivity index (χ4n) is 2.89. The van der Waals surface area contributed by atoms with E-state index >= 15 is 0 Å². The highest BCUT2D eigenvalue weighted by Gasteiger charge is 2.31. The highest BCUT2D eigenvalue weighted by atomic mass is 16.4. The molecule has 0 aromatic heterocycles. The van der Waals surface area contributed by atoms with E-state index in [0.29, 0.717) is 11.3 Å². The average Bonchev–Trinajstić information content (AvgIpc) is 2.67. The van der Waals surface area contributed by atoms with E-state index < -0.39 is 5.97 Å². The van der Waals surface area contributed by atoms with Crippen molar-refractivity contribution < 1.29 is 14.7 Å². The molecule has 1 saturated carbocycles. The Morgan fingerprint density at radius 1 is 1.33 bits per heavy atom. The van der Waals surface area contributed by atoms with Crippen molar-refractivity contribution in [1.29, 1.82) is 0 Å². The third-order valence-electron chi connectivity index (χ3n) is 4.02. The number of carboxylic acids is 1. The molecule has 114 valence electrons. The van der Waals surface area contributed by atoms with Crippen molar-refractivity contribution in [1.82, 2.24) is 5.32 Å². The summed E-state index contributed by atoms with van der Waals surface area (Å²) in [6.07, 6.45) is 3.10. The van der Waals surface area contributed by atoms with E-state index in [-0.39, 0.29) is 23.1 Å². The second-order valence-corrected chi connectivity index (χ2v) is 6.54. The monoisotopic (exact) mass is 290 g/mol. The first-order valence-electron chi connectivity index (χ1n) is 7.18. The number of benzene rings is 1. The summed E-state index contributed by atoms with van der Waals surface area (Å²) in [4.78, 5) is 22.9. The number of hydrogen-bond acceptors (Lipinski definition) is 2. The van der Waals surface area contributed by atoms with Gasteiger partial charge in [-0.2, -0.15) is 0 Å². The van der Waals surface area contributed by atoms with Gasteiger partial charge < -0.3 is 15.7 Å². The molecule has 1 aromatic rings. The van der Waals surface area contributed by atoms with Crippen molar-refractivity contribution in [2.75, 3.05) is 5.32 Å². The van der Waals surface area contributed by atoms with Crippen LogP contribution >= 0.6 is 0 Å². The lowest BCUT2D eigenvalue weighted by atomic mass is 9.92. The van der Waals surface area contributed by atoms with Crippen LogP contribution in [0.4, 0.5) is 10.5 Å². The first-order chi connectivity index (χ1) is 9.77. The Kier molecular flexibility index (Phi) is 4.21. The standard InChI is InChI=1S/C16H22N2O3/c1-10-8-11(4-5-13(10)14(19)20)17-15(21)18-12-6-7-16(2,3)9-12/h4-5,8,12H,6-7,9H2,1-3H3,(H,19,20)(H2,17,18,21). The van der Waals surface area contributed by atoms with Crippen LogP contribution in [0.25, 0.3) is 0 Å². The Morgan fingerprint density at radius 2 is 2.05 bits per heavy atom. The summed E-state index contributed by atoms with van der Waals surface area (Å²) in [6, 6.07) is 4.75.